The van der Waals surface area contributed by atoms with Gasteiger partial charge < -0.3 is 10.6 Å². The Morgan fingerprint density at radius 1 is 1.33 bits per heavy atom. The van der Waals surface area contributed by atoms with E-state index in [1.807, 2.05) is 44.2 Å². The standard InChI is InChI=1S/C15H16BrClN2OS/c1-9(2)19-15(20)10-3-5-11(6-4-10)18-8-12-7-13(16)14(17)21-12/h3-7,9,18H,8H2,1-2H3,(H,19,20). The average Bonchev–Trinajstić information content (AvgIpc) is 2.75. The van der Waals surface area contributed by atoms with Gasteiger partial charge in [0.25, 0.3) is 5.91 Å². The molecule has 1 aromatic carbocycles. The molecule has 112 valence electrons. The van der Waals surface area contributed by atoms with Crippen LogP contribution in [0.1, 0.15) is 29.1 Å². The number of rotatable bonds is 5. The molecule has 0 aliphatic heterocycles. The lowest BCUT2D eigenvalue weighted by molar-refractivity contribution is 0.0943. The molecule has 0 saturated heterocycles. The van der Waals surface area contributed by atoms with Crippen molar-refractivity contribution < 1.29 is 4.79 Å². The molecule has 0 fully saturated rings. The van der Waals surface area contributed by atoms with Crippen molar-refractivity contribution in [1.29, 1.82) is 0 Å². The molecule has 0 spiro atoms. The van der Waals surface area contributed by atoms with Crippen molar-refractivity contribution in [3.8, 4) is 0 Å². The molecule has 1 heterocycles. The van der Waals surface area contributed by atoms with Gasteiger partial charge in [-0.25, -0.2) is 0 Å². The summed E-state index contributed by atoms with van der Waals surface area (Å²) in [6.45, 7) is 4.59. The number of carbonyl (C=O) groups excluding carboxylic acids is 1. The van der Waals surface area contributed by atoms with Gasteiger partial charge in [-0.05, 0) is 60.1 Å². The van der Waals surface area contributed by atoms with E-state index in [0.29, 0.717) is 12.1 Å². The number of nitrogens with one attached hydrogen (secondary N) is 2. The zero-order valence-corrected chi connectivity index (χ0v) is 14.9. The van der Waals surface area contributed by atoms with Gasteiger partial charge in [0.05, 0.1) is 0 Å². The molecule has 2 aromatic rings. The number of benzene rings is 1. The summed E-state index contributed by atoms with van der Waals surface area (Å²) in [7, 11) is 0. The van der Waals surface area contributed by atoms with E-state index >= 15 is 0 Å². The van der Waals surface area contributed by atoms with E-state index in [9.17, 15) is 4.79 Å². The number of hydrogen-bond donors (Lipinski definition) is 2. The maximum atomic E-state index is 11.8. The second-order valence-electron chi connectivity index (χ2n) is 4.89. The first-order valence-corrected chi connectivity index (χ1v) is 8.53. The Kier molecular flexibility index (Phi) is 5.67. The predicted molar refractivity (Wildman–Crippen MR) is 93.4 cm³/mol. The molecule has 21 heavy (non-hydrogen) atoms. The van der Waals surface area contributed by atoms with E-state index in [1.54, 1.807) is 11.3 Å². The minimum Gasteiger partial charge on any atom is -0.380 e. The van der Waals surface area contributed by atoms with Gasteiger partial charge in [0, 0.05) is 33.2 Å². The smallest absolute Gasteiger partial charge is 0.251 e. The fraction of sp³-hybridized carbons (Fsp3) is 0.267. The quantitative estimate of drug-likeness (QED) is 0.765. The summed E-state index contributed by atoms with van der Waals surface area (Å²) in [6, 6.07) is 9.58. The van der Waals surface area contributed by atoms with Crippen molar-refractivity contribution in [1.82, 2.24) is 5.32 Å². The van der Waals surface area contributed by atoms with Crippen LogP contribution in [0, 0.1) is 0 Å². The van der Waals surface area contributed by atoms with Gasteiger partial charge in [-0.1, -0.05) is 11.6 Å². The summed E-state index contributed by atoms with van der Waals surface area (Å²) >= 11 is 10.9. The Balaban J connectivity index is 1.94. The molecule has 0 unspecified atom stereocenters. The molecule has 3 nitrogen and oxygen atoms in total. The third-order valence-corrected chi connectivity index (χ3v) is 5.20. The second kappa shape index (κ2) is 7.29. The zero-order chi connectivity index (χ0) is 15.4. The molecule has 1 amide bonds. The van der Waals surface area contributed by atoms with Crippen molar-refractivity contribution in [2.45, 2.75) is 26.4 Å². The number of thiophene rings is 1. The molecule has 2 N–H and O–H groups in total. The van der Waals surface area contributed by atoms with E-state index in [4.69, 9.17) is 11.6 Å². The Hall–Kier alpha value is -1.04. The first-order valence-electron chi connectivity index (χ1n) is 6.54. The zero-order valence-electron chi connectivity index (χ0n) is 11.7. The predicted octanol–water partition coefficient (Wildman–Crippen LogP) is 4.91. The van der Waals surface area contributed by atoms with Crippen LogP contribution >= 0.6 is 38.9 Å². The molecule has 0 aliphatic carbocycles. The molecule has 0 aliphatic rings. The van der Waals surface area contributed by atoms with Gasteiger partial charge in [0.1, 0.15) is 4.34 Å². The molecular formula is C15H16BrClN2OS. The van der Waals surface area contributed by atoms with Gasteiger partial charge in [-0.15, -0.1) is 11.3 Å². The topological polar surface area (TPSA) is 41.1 Å². The maximum Gasteiger partial charge on any atom is 0.251 e. The fourth-order valence-corrected chi connectivity index (χ4v) is 3.48. The van der Waals surface area contributed by atoms with Gasteiger partial charge in [0.2, 0.25) is 0 Å². The maximum absolute atomic E-state index is 11.8. The van der Waals surface area contributed by atoms with Crippen LogP contribution in [-0.2, 0) is 6.54 Å². The van der Waals surface area contributed by atoms with E-state index < -0.39 is 0 Å². The third-order valence-electron chi connectivity index (χ3n) is 2.73. The number of halogens is 2. The highest BCUT2D eigenvalue weighted by Gasteiger charge is 2.07. The van der Waals surface area contributed by atoms with Crippen LogP contribution in [0.25, 0.3) is 0 Å². The SMILES string of the molecule is CC(C)NC(=O)c1ccc(NCc2cc(Br)c(Cl)s2)cc1. The Morgan fingerprint density at radius 2 is 2.00 bits per heavy atom. The highest BCUT2D eigenvalue weighted by molar-refractivity contribution is 9.10. The van der Waals surface area contributed by atoms with E-state index in [0.717, 1.165) is 19.4 Å². The molecule has 0 bridgehead atoms. The molecule has 6 heteroatoms. The molecule has 1 aromatic heterocycles. The Bertz CT molecular complexity index is 606. The number of amides is 1. The normalized spacial score (nSPS) is 10.7. The number of carbonyl (C=O) groups is 1. The average molecular weight is 388 g/mol. The summed E-state index contributed by atoms with van der Waals surface area (Å²) < 4.78 is 1.68. The summed E-state index contributed by atoms with van der Waals surface area (Å²) in [5.41, 5.74) is 1.63. The van der Waals surface area contributed by atoms with E-state index in [2.05, 4.69) is 26.6 Å². The lowest BCUT2D eigenvalue weighted by atomic mass is 10.2. The van der Waals surface area contributed by atoms with E-state index in [-0.39, 0.29) is 11.9 Å². The Labute approximate surface area is 141 Å². The monoisotopic (exact) mass is 386 g/mol. The van der Waals surface area contributed by atoms with Crippen molar-refractivity contribution in [2.24, 2.45) is 0 Å². The Morgan fingerprint density at radius 3 is 2.52 bits per heavy atom. The van der Waals surface area contributed by atoms with Crippen molar-refractivity contribution in [3.05, 3.63) is 49.6 Å². The molecule has 0 radical (unpaired) electrons. The van der Waals surface area contributed by atoms with Crippen LogP contribution in [0.5, 0.6) is 0 Å². The van der Waals surface area contributed by atoms with Crippen LogP contribution < -0.4 is 10.6 Å². The van der Waals surface area contributed by atoms with Crippen molar-refractivity contribution in [3.63, 3.8) is 0 Å². The van der Waals surface area contributed by atoms with Gasteiger partial charge >= 0.3 is 0 Å². The molecule has 0 atom stereocenters. The van der Waals surface area contributed by atoms with E-state index in [1.165, 1.54) is 0 Å². The van der Waals surface area contributed by atoms with Gasteiger partial charge in [0.15, 0.2) is 0 Å². The van der Waals surface area contributed by atoms with Gasteiger partial charge in [-0.3, -0.25) is 4.79 Å². The lowest BCUT2D eigenvalue weighted by Gasteiger charge is -2.09. The minimum absolute atomic E-state index is 0.0504. The minimum atomic E-state index is -0.0504. The van der Waals surface area contributed by atoms with Crippen LogP contribution in [0.15, 0.2) is 34.8 Å². The highest BCUT2D eigenvalue weighted by atomic mass is 79.9. The van der Waals surface area contributed by atoms with Crippen molar-refractivity contribution in [2.75, 3.05) is 5.32 Å². The first-order chi connectivity index (χ1) is 9.95. The summed E-state index contributed by atoms with van der Waals surface area (Å²) in [4.78, 5) is 13.0. The number of anilines is 1. The first kappa shape index (κ1) is 16.3. The fourth-order valence-electron chi connectivity index (χ4n) is 1.75. The van der Waals surface area contributed by atoms with Crippen LogP contribution in [0.3, 0.4) is 0 Å². The van der Waals surface area contributed by atoms with Crippen LogP contribution in [-0.4, -0.2) is 11.9 Å². The second-order valence-corrected chi connectivity index (χ2v) is 7.49. The highest BCUT2D eigenvalue weighted by Crippen LogP contribution is 2.32. The summed E-state index contributed by atoms with van der Waals surface area (Å²) in [6.07, 6.45) is 0. The lowest BCUT2D eigenvalue weighted by Crippen LogP contribution is -2.29. The number of hydrogen-bond acceptors (Lipinski definition) is 3. The molecular weight excluding hydrogens is 372 g/mol. The van der Waals surface area contributed by atoms with Crippen LogP contribution in [0.2, 0.25) is 4.34 Å². The summed E-state index contributed by atoms with van der Waals surface area (Å²) in [5.74, 6) is -0.0504. The van der Waals surface area contributed by atoms with Crippen LogP contribution in [0.4, 0.5) is 5.69 Å². The summed E-state index contributed by atoms with van der Waals surface area (Å²) in [5, 5.41) is 6.18. The molecule has 0 saturated carbocycles. The van der Waals surface area contributed by atoms with Gasteiger partial charge in [-0.2, -0.15) is 0 Å². The largest absolute Gasteiger partial charge is 0.380 e. The molecule has 2 rings (SSSR count). The third kappa shape index (κ3) is 4.73. The van der Waals surface area contributed by atoms with Crippen molar-refractivity contribution >= 4 is 50.5 Å².